The molecule has 2 rings (SSSR count). The predicted molar refractivity (Wildman–Crippen MR) is 120 cm³/mol. The Bertz CT molecular complexity index is 813. The molecule has 0 aliphatic carbocycles. The van der Waals surface area contributed by atoms with E-state index < -0.39 is 6.04 Å². The number of rotatable bonds is 10. The van der Waals surface area contributed by atoms with Crippen LogP contribution in [0.15, 0.2) is 48.5 Å². The Morgan fingerprint density at radius 1 is 0.933 bits per heavy atom. The third kappa shape index (κ3) is 7.54. The van der Waals surface area contributed by atoms with Gasteiger partial charge in [-0.1, -0.05) is 47.5 Å². The van der Waals surface area contributed by atoms with E-state index >= 15 is 0 Å². The molecule has 2 amide bonds. The lowest BCUT2D eigenvalue weighted by Gasteiger charge is -2.29. The van der Waals surface area contributed by atoms with E-state index in [0.29, 0.717) is 26.0 Å². The first-order valence-electron chi connectivity index (χ1n) is 10.6. The molecule has 5 nitrogen and oxygen atoms in total. The van der Waals surface area contributed by atoms with Crippen molar-refractivity contribution in [3.05, 3.63) is 65.2 Å². The summed E-state index contributed by atoms with van der Waals surface area (Å²) in [6.45, 7) is 10.5. The Morgan fingerprint density at radius 3 is 2.07 bits per heavy atom. The third-order valence-electron chi connectivity index (χ3n) is 4.90. The van der Waals surface area contributed by atoms with Gasteiger partial charge in [0.25, 0.3) is 0 Å². The van der Waals surface area contributed by atoms with Crippen molar-refractivity contribution in [3.8, 4) is 5.75 Å². The number of benzene rings is 2. The minimum atomic E-state index is -0.542. The summed E-state index contributed by atoms with van der Waals surface area (Å²) in [5.41, 5.74) is 3.35. The molecule has 0 radical (unpaired) electrons. The molecule has 0 aliphatic rings. The van der Waals surface area contributed by atoms with E-state index in [-0.39, 0.29) is 17.9 Å². The topological polar surface area (TPSA) is 58.6 Å². The summed E-state index contributed by atoms with van der Waals surface area (Å²) in [6.07, 6.45) is 0.923. The maximum absolute atomic E-state index is 13.0. The molecule has 2 aromatic carbocycles. The molecule has 0 bridgehead atoms. The smallest absolute Gasteiger partial charge is 0.242 e. The van der Waals surface area contributed by atoms with Gasteiger partial charge in [-0.15, -0.1) is 0 Å². The lowest BCUT2D eigenvalue weighted by atomic mass is 10.1. The van der Waals surface area contributed by atoms with Gasteiger partial charge in [0.15, 0.2) is 0 Å². The highest BCUT2D eigenvalue weighted by atomic mass is 16.5. The van der Waals surface area contributed by atoms with Crippen LogP contribution in [0, 0.1) is 13.8 Å². The van der Waals surface area contributed by atoms with Gasteiger partial charge >= 0.3 is 0 Å². The zero-order chi connectivity index (χ0) is 22.1. The van der Waals surface area contributed by atoms with E-state index in [1.807, 2.05) is 76.2 Å². The molecule has 0 heterocycles. The summed E-state index contributed by atoms with van der Waals surface area (Å²) >= 11 is 0. The van der Waals surface area contributed by atoms with Gasteiger partial charge in [-0.2, -0.15) is 0 Å². The summed E-state index contributed by atoms with van der Waals surface area (Å²) in [5.74, 6) is 0.616. The normalized spacial score (nSPS) is 11.8. The molecule has 5 heteroatoms. The van der Waals surface area contributed by atoms with Crippen LogP contribution in [-0.2, 0) is 16.1 Å². The lowest BCUT2D eigenvalue weighted by molar-refractivity contribution is -0.141. The highest BCUT2D eigenvalue weighted by Crippen LogP contribution is 2.15. The minimum Gasteiger partial charge on any atom is -0.494 e. The van der Waals surface area contributed by atoms with Gasteiger partial charge < -0.3 is 15.0 Å². The summed E-state index contributed by atoms with van der Waals surface area (Å²) < 4.78 is 5.73. The second-order valence-electron chi connectivity index (χ2n) is 8.11. The SMILES string of the molecule is Cc1ccc(CN(C(=O)CCCOc2ccc(C)cc2)C(C)C(=O)NC(C)C)cc1. The highest BCUT2D eigenvalue weighted by Gasteiger charge is 2.26. The molecule has 1 unspecified atom stereocenters. The zero-order valence-corrected chi connectivity index (χ0v) is 18.8. The first-order valence-corrected chi connectivity index (χ1v) is 10.6. The summed E-state index contributed by atoms with van der Waals surface area (Å²) in [4.78, 5) is 27.2. The average Bonchev–Trinajstić information content (AvgIpc) is 2.71. The van der Waals surface area contributed by atoms with Crippen LogP contribution < -0.4 is 10.1 Å². The Hall–Kier alpha value is -2.82. The third-order valence-corrected chi connectivity index (χ3v) is 4.90. The van der Waals surface area contributed by atoms with Gasteiger partial charge in [-0.05, 0) is 58.7 Å². The fourth-order valence-corrected chi connectivity index (χ4v) is 3.07. The van der Waals surface area contributed by atoms with Crippen LogP contribution >= 0.6 is 0 Å². The van der Waals surface area contributed by atoms with E-state index in [1.54, 1.807) is 11.8 Å². The molecule has 162 valence electrons. The maximum Gasteiger partial charge on any atom is 0.242 e. The van der Waals surface area contributed by atoms with Crippen molar-refractivity contribution < 1.29 is 14.3 Å². The highest BCUT2D eigenvalue weighted by molar-refractivity contribution is 5.87. The van der Waals surface area contributed by atoms with Crippen LogP contribution in [0.5, 0.6) is 5.75 Å². The molecule has 1 atom stereocenters. The molecule has 0 fully saturated rings. The second-order valence-corrected chi connectivity index (χ2v) is 8.11. The lowest BCUT2D eigenvalue weighted by Crippen LogP contribution is -2.49. The summed E-state index contributed by atoms with van der Waals surface area (Å²) in [7, 11) is 0. The van der Waals surface area contributed by atoms with Crippen LogP contribution in [-0.4, -0.2) is 35.4 Å². The Morgan fingerprint density at radius 2 is 1.50 bits per heavy atom. The largest absolute Gasteiger partial charge is 0.494 e. The summed E-state index contributed by atoms with van der Waals surface area (Å²) in [5, 5.41) is 2.91. The number of hydrogen-bond donors (Lipinski definition) is 1. The van der Waals surface area contributed by atoms with E-state index in [2.05, 4.69) is 5.32 Å². The van der Waals surface area contributed by atoms with Crippen LogP contribution in [0.25, 0.3) is 0 Å². The number of carbonyl (C=O) groups excluding carboxylic acids is 2. The van der Waals surface area contributed by atoms with E-state index in [0.717, 1.165) is 16.9 Å². The Labute approximate surface area is 180 Å². The number of carbonyl (C=O) groups is 2. The molecule has 0 saturated heterocycles. The number of amides is 2. The van der Waals surface area contributed by atoms with E-state index in [4.69, 9.17) is 4.74 Å². The van der Waals surface area contributed by atoms with Crippen LogP contribution in [0.1, 0.15) is 50.3 Å². The van der Waals surface area contributed by atoms with Crippen molar-refractivity contribution in [2.75, 3.05) is 6.61 Å². The molecule has 0 aromatic heterocycles. The molecule has 1 N–H and O–H groups in total. The number of nitrogens with zero attached hydrogens (tertiary/aromatic N) is 1. The standard InChI is InChI=1S/C25H34N2O3/c1-18(2)26-25(29)21(5)27(17-22-12-8-19(3)9-13-22)24(28)7-6-16-30-23-14-10-20(4)11-15-23/h8-15,18,21H,6-7,16-17H2,1-5H3,(H,26,29). The van der Waals surface area contributed by atoms with Gasteiger partial charge in [0.05, 0.1) is 6.61 Å². The van der Waals surface area contributed by atoms with Crippen molar-refractivity contribution in [3.63, 3.8) is 0 Å². The van der Waals surface area contributed by atoms with Gasteiger partial charge in [0.2, 0.25) is 11.8 Å². The van der Waals surface area contributed by atoms with Crippen LogP contribution in [0.4, 0.5) is 0 Å². The van der Waals surface area contributed by atoms with Crippen LogP contribution in [0.3, 0.4) is 0 Å². The first-order chi connectivity index (χ1) is 14.3. The van der Waals surface area contributed by atoms with E-state index in [9.17, 15) is 9.59 Å². The fraction of sp³-hybridized carbons (Fsp3) is 0.440. The molecule has 0 spiro atoms. The number of ether oxygens (including phenoxy) is 1. The fourth-order valence-electron chi connectivity index (χ4n) is 3.07. The predicted octanol–water partition coefficient (Wildman–Crippen LogP) is 4.40. The number of hydrogen-bond acceptors (Lipinski definition) is 3. The monoisotopic (exact) mass is 410 g/mol. The molecule has 2 aromatic rings. The van der Waals surface area contributed by atoms with Crippen molar-refractivity contribution in [1.82, 2.24) is 10.2 Å². The summed E-state index contributed by atoms with van der Waals surface area (Å²) in [6, 6.07) is 15.4. The second kappa shape index (κ2) is 11.4. The van der Waals surface area contributed by atoms with Crippen molar-refractivity contribution >= 4 is 11.8 Å². The van der Waals surface area contributed by atoms with Gasteiger partial charge in [-0.3, -0.25) is 9.59 Å². The number of nitrogens with one attached hydrogen (secondary N) is 1. The van der Waals surface area contributed by atoms with Crippen molar-refractivity contribution in [1.29, 1.82) is 0 Å². The average molecular weight is 411 g/mol. The van der Waals surface area contributed by atoms with E-state index in [1.165, 1.54) is 5.56 Å². The molecule has 0 saturated carbocycles. The number of aryl methyl sites for hydroxylation is 2. The molecule has 30 heavy (non-hydrogen) atoms. The first kappa shape index (κ1) is 23.5. The molecular weight excluding hydrogens is 376 g/mol. The van der Waals surface area contributed by atoms with Gasteiger partial charge in [-0.25, -0.2) is 0 Å². The van der Waals surface area contributed by atoms with Crippen molar-refractivity contribution in [2.24, 2.45) is 0 Å². The van der Waals surface area contributed by atoms with Crippen molar-refractivity contribution in [2.45, 2.75) is 66.1 Å². The van der Waals surface area contributed by atoms with Crippen LogP contribution in [0.2, 0.25) is 0 Å². The quantitative estimate of drug-likeness (QED) is 0.591. The molecule has 0 aliphatic heterocycles. The van der Waals surface area contributed by atoms with Gasteiger partial charge in [0, 0.05) is 19.0 Å². The Kier molecular flexibility index (Phi) is 8.90. The minimum absolute atomic E-state index is 0.0270. The Balaban J connectivity index is 1.98. The van der Waals surface area contributed by atoms with Gasteiger partial charge in [0.1, 0.15) is 11.8 Å². The maximum atomic E-state index is 13.0. The molecular formula is C25H34N2O3. The zero-order valence-electron chi connectivity index (χ0n) is 18.8.